The first-order chi connectivity index (χ1) is 8.69. The van der Waals surface area contributed by atoms with E-state index in [0.29, 0.717) is 18.4 Å². The van der Waals surface area contributed by atoms with Gasteiger partial charge in [-0.05, 0) is 36.9 Å². The quantitative estimate of drug-likeness (QED) is 0.714. The van der Waals surface area contributed by atoms with Crippen molar-refractivity contribution in [1.29, 1.82) is 5.26 Å². The molecule has 1 N–H and O–H groups in total. The molecule has 1 heterocycles. The van der Waals surface area contributed by atoms with Crippen molar-refractivity contribution in [2.45, 2.75) is 52.6 Å². The summed E-state index contributed by atoms with van der Waals surface area (Å²) >= 11 is 0. The average molecular weight is 247 g/mol. The summed E-state index contributed by atoms with van der Waals surface area (Å²) in [5.74, 6) is 0.589. The third-order valence-electron chi connectivity index (χ3n) is 3.12. The lowest BCUT2D eigenvalue weighted by Gasteiger charge is -2.21. The molecule has 0 saturated carbocycles. The molecule has 0 aromatic carbocycles. The van der Waals surface area contributed by atoms with E-state index in [4.69, 9.17) is 5.26 Å². The SMILES string of the molecule is CCCNC(c1ccn(CCCC#N)c1)C(C)C. The predicted molar refractivity (Wildman–Crippen MR) is 75.2 cm³/mol. The first kappa shape index (κ1) is 14.8. The van der Waals surface area contributed by atoms with Gasteiger partial charge >= 0.3 is 0 Å². The Morgan fingerprint density at radius 1 is 1.44 bits per heavy atom. The van der Waals surface area contributed by atoms with Gasteiger partial charge in [0.1, 0.15) is 0 Å². The third kappa shape index (κ3) is 4.54. The topological polar surface area (TPSA) is 40.8 Å². The smallest absolute Gasteiger partial charge is 0.0622 e. The average Bonchev–Trinajstić information content (AvgIpc) is 2.78. The molecule has 100 valence electrons. The number of aryl methyl sites for hydroxylation is 1. The van der Waals surface area contributed by atoms with Gasteiger partial charge in [-0.1, -0.05) is 20.8 Å². The number of nitrogens with zero attached hydrogens (tertiary/aromatic N) is 2. The first-order valence-corrected chi connectivity index (χ1v) is 6.95. The molecule has 0 amide bonds. The summed E-state index contributed by atoms with van der Waals surface area (Å²) in [6.45, 7) is 8.69. The zero-order chi connectivity index (χ0) is 13.4. The molecule has 1 rings (SSSR count). The molecule has 1 aromatic heterocycles. The molecule has 1 aromatic rings. The molecule has 1 atom stereocenters. The Morgan fingerprint density at radius 2 is 2.22 bits per heavy atom. The zero-order valence-corrected chi connectivity index (χ0v) is 11.8. The highest BCUT2D eigenvalue weighted by molar-refractivity contribution is 5.16. The van der Waals surface area contributed by atoms with Gasteiger partial charge in [0.05, 0.1) is 6.07 Å². The number of unbranched alkanes of at least 4 members (excludes halogenated alkanes) is 1. The van der Waals surface area contributed by atoms with Crippen LogP contribution in [0.15, 0.2) is 18.5 Å². The highest BCUT2D eigenvalue weighted by atomic mass is 15.0. The molecule has 0 aliphatic carbocycles. The van der Waals surface area contributed by atoms with Gasteiger partial charge in [0.2, 0.25) is 0 Å². The summed E-state index contributed by atoms with van der Waals surface area (Å²) in [7, 11) is 0. The van der Waals surface area contributed by atoms with Crippen molar-refractivity contribution in [2.24, 2.45) is 5.92 Å². The highest BCUT2D eigenvalue weighted by Gasteiger charge is 2.15. The Labute approximate surface area is 111 Å². The van der Waals surface area contributed by atoms with Gasteiger partial charge < -0.3 is 9.88 Å². The first-order valence-electron chi connectivity index (χ1n) is 6.95. The molecule has 1 unspecified atom stereocenters. The number of nitrogens with one attached hydrogen (secondary N) is 1. The largest absolute Gasteiger partial charge is 0.354 e. The second-order valence-electron chi connectivity index (χ2n) is 5.12. The van der Waals surface area contributed by atoms with E-state index in [1.807, 2.05) is 0 Å². The Bertz CT molecular complexity index is 373. The van der Waals surface area contributed by atoms with Crippen molar-refractivity contribution >= 4 is 0 Å². The molecule has 0 saturated heterocycles. The molecule has 3 nitrogen and oxygen atoms in total. The van der Waals surface area contributed by atoms with Crippen LogP contribution in [0.3, 0.4) is 0 Å². The summed E-state index contributed by atoms with van der Waals surface area (Å²) in [4.78, 5) is 0. The lowest BCUT2D eigenvalue weighted by atomic mass is 9.98. The maximum absolute atomic E-state index is 8.54. The lowest BCUT2D eigenvalue weighted by Crippen LogP contribution is -2.26. The number of rotatable bonds is 8. The van der Waals surface area contributed by atoms with Crippen molar-refractivity contribution in [3.63, 3.8) is 0 Å². The Morgan fingerprint density at radius 3 is 2.83 bits per heavy atom. The normalized spacial score (nSPS) is 12.6. The van der Waals surface area contributed by atoms with E-state index >= 15 is 0 Å². The third-order valence-corrected chi connectivity index (χ3v) is 3.12. The molecule has 3 heteroatoms. The van der Waals surface area contributed by atoms with Gasteiger partial charge in [0, 0.05) is 31.4 Å². The van der Waals surface area contributed by atoms with Gasteiger partial charge in [0.25, 0.3) is 0 Å². The predicted octanol–water partition coefficient (Wildman–Crippen LogP) is 3.49. The lowest BCUT2D eigenvalue weighted by molar-refractivity contribution is 0.412. The Kier molecular flexibility index (Phi) is 6.53. The van der Waals surface area contributed by atoms with E-state index in [2.05, 4.69) is 55.2 Å². The van der Waals surface area contributed by atoms with Crippen LogP contribution >= 0.6 is 0 Å². The van der Waals surface area contributed by atoms with Crippen molar-refractivity contribution in [3.8, 4) is 6.07 Å². The second-order valence-corrected chi connectivity index (χ2v) is 5.12. The molecule has 0 aliphatic heterocycles. The van der Waals surface area contributed by atoms with E-state index < -0.39 is 0 Å². The molecule has 0 spiro atoms. The summed E-state index contributed by atoms with van der Waals surface area (Å²) < 4.78 is 2.19. The van der Waals surface area contributed by atoms with E-state index in [-0.39, 0.29) is 0 Å². The summed E-state index contributed by atoms with van der Waals surface area (Å²) in [5, 5.41) is 12.1. The molecule has 0 bridgehead atoms. The Balaban J connectivity index is 2.60. The van der Waals surface area contributed by atoms with E-state index in [9.17, 15) is 0 Å². The summed E-state index contributed by atoms with van der Waals surface area (Å²) in [5.41, 5.74) is 1.36. The second kappa shape index (κ2) is 7.94. The van der Waals surface area contributed by atoms with Crippen LogP contribution in [-0.4, -0.2) is 11.1 Å². The van der Waals surface area contributed by atoms with Crippen molar-refractivity contribution in [1.82, 2.24) is 9.88 Å². The maximum Gasteiger partial charge on any atom is 0.0622 e. The van der Waals surface area contributed by atoms with Crippen LogP contribution in [0, 0.1) is 17.2 Å². The van der Waals surface area contributed by atoms with Crippen LogP contribution < -0.4 is 5.32 Å². The van der Waals surface area contributed by atoms with Gasteiger partial charge in [-0.3, -0.25) is 0 Å². The van der Waals surface area contributed by atoms with Gasteiger partial charge in [-0.2, -0.15) is 5.26 Å². The van der Waals surface area contributed by atoms with E-state index in [0.717, 1.165) is 25.9 Å². The fourth-order valence-corrected chi connectivity index (χ4v) is 2.16. The summed E-state index contributed by atoms with van der Waals surface area (Å²) in [6, 6.07) is 4.81. The molecule has 18 heavy (non-hydrogen) atoms. The molecule has 0 fully saturated rings. The summed E-state index contributed by atoms with van der Waals surface area (Å²) in [6.07, 6.45) is 7.06. The van der Waals surface area contributed by atoms with E-state index in [1.54, 1.807) is 0 Å². The highest BCUT2D eigenvalue weighted by Crippen LogP contribution is 2.22. The maximum atomic E-state index is 8.54. The van der Waals surface area contributed by atoms with Crippen LogP contribution in [0.25, 0.3) is 0 Å². The molecule has 0 radical (unpaired) electrons. The zero-order valence-electron chi connectivity index (χ0n) is 11.8. The molecular weight excluding hydrogens is 222 g/mol. The van der Waals surface area contributed by atoms with E-state index in [1.165, 1.54) is 5.56 Å². The van der Waals surface area contributed by atoms with Gasteiger partial charge in [0.15, 0.2) is 0 Å². The van der Waals surface area contributed by atoms with Gasteiger partial charge in [-0.15, -0.1) is 0 Å². The van der Waals surface area contributed by atoms with Gasteiger partial charge in [-0.25, -0.2) is 0 Å². The van der Waals surface area contributed by atoms with Crippen LogP contribution in [-0.2, 0) is 6.54 Å². The standard InChI is InChI=1S/C15H25N3/c1-4-9-17-15(13(2)3)14-7-11-18(12-14)10-6-5-8-16/h7,11-13,15,17H,4-6,9-10H2,1-3H3. The van der Waals surface area contributed by atoms with Crippen LogP contribution in [0.2, 0.25) is 0 Å². The Hall–Kier alpha value is -1.27. The number of aromatic nitrogens is 1. The van der Waals surface area contributed by atoms with Crippen molar-refractivity contribution < 1.29 is 0 Å². The van der Waals surface area contributed by atoms with Crippen LogP contribution in [0.1, 0.15) is 51.6 Å². The number of hydrogen-bond acceptors (Lipinski definition) is 2. The molecule has 0 aliphatic rings. The fraction of sp³-hybridized carbons (Fsp3) is 0.667. The minimum absolute atomic E-state index is 0.433. The molecular formula is C15H25N3. The van der Waals surface area contributed by atoms with Crippen molar-refractivity contribution in [3.05, 3.63) is 24.0 Å². The monoisotopic (exact) mass is 247 g/mol. The van der Waals surface area contributed by atoms with Crippen LogP contribution in [0.4, 0.5) is 0 Å². The van der Waals surface area contributed by atoms with Crippen molar-refractivity contribution in [2.75, 3.05) is 6.54 Å². The minimum Gasteiger partial charge on any atom is -0.354 e. The number of hydrogen-bond donors (Lipinski definition) is 1. The number of nitriles is 1. The fourth-order valence-electron chi connectivity index (χ4n) is 2.16. The van der Waals surface area contributed by atoms with Crippen LogP contribution in [0.5, 0.6) is 0 Å². The minimum atomic E-state index is 0.433.